The number of carboxylic acid groups (broad SMARTS) is 1. The summed E-state index contributed by atoms with van der Waals surface area (Å²) in [6.45, 7) is 2.33. The van der Waals surface area contributed by atoms with Gasteiger partial charge in [0, 0.05) is 26.4 Å². The summed E-state index contributed by atoms with van der Waals surface area (Å²) in [7, 11) is 3.24. The number of nitriles is 1. The van der Waals surface area contributed by atoms with Gasteiger partial charge in [-0.2, -0.15) is 5.26 Å². The fraction of sp³-hybridized carbons (Fsp3) is 0.462. The highest BCUT2D eigenvalue weighted by atomic mass is 16.5. The van der Waals surface area contributed by atoms with Gasteiger partial charge in [0.15, 0.2) is 0 Å². The van der Waals surface area contributed by atoms with Crippen molar-refractivity contribution in [3.8, 4) is 17.6 Å². The van der Waals surface area contributed by atoms with Gasteiger partial charge in [0.25, 0.3) is 0 Å². The van der Waals surface area contributed by atoms with E-state index in [1.54, 1.807) is 26.4 Å². The number of methoxy groups -OCH3 is 2. The predicted molar refractivity (Wildman–Crippen MR) is 123 cm³/mol. The maximum absolute atomic E-state index is 11.5. The second kappa shape index (κ2) is 11.2. The molecule has 0 unspecified atom stereocenters. The molecule has 2 aromatic rings. The molecule has 0 radical (unpaired) electrons. The fourth-order valence-corrected chi connectivity index (χ4v) is 4.35. The molecule has 0 amide bonds. The average molecular weight is 454 g/mol. The maximum Gasteiger partial charge on any atom is 0.314 e. The lowest BCUT2D eigenvalue weighted by Gasteiger charge is -2.33. The first-order chi connectivity index (χ1) is 16.0. The summed E-state index contributed by atoms with van der Waals surface area (Å²) < 4.78 is 20.8. The lowest BCUT2D eigenvalue weighted by Crippen LogP contribution is -2.41. The Bertz CT molecular complexity index is 936. The first-order valence-corrected chi connectivity index (χ1v) is 11.1. The Balaban J connectivity index is 0.000000186. The monoisotopic (exact) mass is 453 g/mol. The highest BCUT2D eigenvalue weighted by molar-refractivity contribution is 5.81. The van der Waals surface area contributed by atoms with E-state index in [0.717, 1.165) is 35.5 Å². The third-order valence-corrected chi connectivity index (χ3v) is 6.60. The van der Waals surface area contributed by atoms with Gasteiger partial charge >= 0.3 is 5.97 Å². The highest BCUT2D eigenvalue weighted by Crippen LogP contribution is 2.36. The SMILES string of the molecule is COc1ccc(C2(C#N)CCOCC2)cc1.COc1ccc(C2(C(=O)O)CCOCC2)cc1. The molecule has 176 valence electrons. The van der Waals surface area contributed by atoms with Gasteiger partial charge in [-0.25, -0.2) is 0 Å². The van der Waals surface area contributed by atoms with Crippen LogP contribution in [0.2, 0.25) is 0 Å². The summed E-state index contributed by atoms with van der Waals surface area (Å²) in [6.07, 6.45) is 2.59. The van der Waals surface area contributed by atoms with E-state index in [1.807, 2.05) is 36.4 Å². The van der Waals surface area contributed by atoms with Crippen LogP contribution in [0, 0.1) is 11.3 Å². The Hall–Kier alpha value is -3.08. The molecule has 7 nitrogen and oxygen atoms in total. The van der Waals surface area contributed by atoms with Crippen molar-refractivity contribution in [2.75, 3.05) is 40.6 Å². The molecular weight excluding hydrogens is 422 g/mol. The normalized spacial score (nSPS) is 18.7. The second-order valence-electron chi connectivity index (χ2n) is 8.26. The van der Waals surface area contributed by atoms with Crippen LogP contribution < -0.4 is 9.47 Å². The number of benzene rings is 2. The molecule has 0 bridgehead atoms. The Kier molecular flexibility index (Phi) is 8.32. The van der Waals surface area contributed by atoms with Crippen LogP contribution in [0.1, 0.15) is 36.8 Å². The zero-order valence-corrected chi connectivity index (χ0v) is 19.2. The molecule has 2 saturated heterocycles. The molecule has 0 saturated carbocycles. The van der Waals surface area contributed by atoms with Gasteiger partial charge in [-0.1, -0.05) is 24.3 Å². The molecule has 0 spiro atoms. The number of aliphatic carboxylic acids is 1. The van der Waals surface area contributed by atoms with E-state index in [2.05, 4.69) is 6.07 Å². The number of rotatable bonds is 5. The number of hydrogen-bond acceptors (Lipinski definition) is 6. The molecule has 1 N–H and O–H groups in total. The standard InChI is InChI=1S/C13H15NO2.C13H16O4/c1-15-12-4-2-11(3-5-12)13(10-14)6-8-16-9-7-13;1-16-11-4-2-10(3-5-11)13(12(14)15)6-8-17-9-7-13/h2-5H,6-9H2,1H3;2-5H,6-9H2,1H3,(H,14,15). The lowest BCUT2D eigenvalue weighted by atomic mass is 9.74. The largest absolute Gasteiger partial charge is 0.497 e. The Morgan fingerprint density at radius 1 is 0.818 bits per heavy atom. The molecule has 0 atom stereocenters. The molecule has 2 fully saturated rings. The molecule has 0 aromatic heterocycles. The van der Waals surface area contributed by atoms with E-state index in [4.69, 9.17) is 18.9 Å². The quantitative estimate of drug-likeness (QED) is 0.728. The zero-order chi connectivity index (χ0) is 23.7. The van der Waals surface area contributed by atoms with Gasteiger partial charge in [-0.05, 0) is 61.1 Å². The van der Waals surface area contributed by atoms with E-state index in [-0.39, 0.29) is 5.41 Å². The first-order valence-electron chi connectivity index (χ1n) is 11.1. The molecule has 2 heterocycles. The van der Waals surface area contributed by atoms with Gasteiger partial charge in [0.1, 0.15) is 11.5 Å². The summed E-state index contributed by atoms with van der Waals surface area (Å²) in [5, 5.41) is 18.9. The summed E-state index contributed by atoms with van der Waals surface area (Å²) in [4.78, 5) is 11.5. The molecule has 2 aliphatic heterocycles. The maximum atomic E-state index is 11.5. The minimum absolute atomic E-state index is 0.371. The Morgan fingerprint density at radius 3 is 1.64 bits per heavy atom. The number of ether oxygens (including phenoxy) is 4. The van der Waals surface area contributed by atoms with Gasteiger partial charge < -0.3 is 24.1 Å². The topological polar surface area (TPSA) is 98.0 Å². The van der Waals surface area contributed by atoms with Crippen LogP contribution in [0.4, 0.5) is 0 Å². The molecular formula is C26H31NO6. The molecule has 33 heavy (non-hydrogen) atoms. The van der Waals surface area contributed by atoms with Gasteiger partial charge in [0.2, 0.25) is 0 Å². The predicted octanol–water partition coefficient (Wildman–Crippen LogP) is 4.09. The highest BCUT2D eigenvalue weighted by Gasteiger charge is 2.41. The molecule has 4 rings (SSSR count). The van der Waals surface area contributed by atoms with Crippen molar-refractivity contribution in [2.24, 2.45) is 0 Å². The van der Waals surface area contributed by atoms with E-state index in [1.165, 1.54) is 0 Å². The minimum Gasteiger partial charge on any atom is -0.497 e. The van der Waals surface area contributed by atoms with Crippen molar-refractivity contribution in [1.82, 2.24) is 0 Å². The third kappa shape index (κ3) is 5.47. The van der Waals surface area contributed by atoms with Crippen molar-refractivity contribution in [3.63, 3.8) is 0 Å². The summed E-state index contributed by atoms with van der Waals surface area (Å²) >= 11 is 0. The van der Waals surface area contributed by atoms with Crippen LogP contribution in [-0.2, 0) is 25.1 Å². The van der Waals surface area contributed by atoms with Crippen molar-refractivity contribution in [1.29, 1.82) is 5.26 Å². The molecule has 2 aromatic carbocycles. The Labute approximate surface area is 194 Å². The number of hydrogen-bond donors (Lipinski definition) is 1. The van der Waals surface area contributed by atoms with E-state index in [0.29, 0.717) is 39.3 Å². The number of carbonyl (C=O) groups is 1. The van der Waals surface area contributed by atoms with Crippen LogP contribution >= 0.6 is 0 Å². The van der Waals surface area contributed by atoms with E-state index < -0.39 is 11.4 Å². The van der Waals surface area contributed by atoms with Crippen LogP contribution in [0.5, 0.6) is 11.5 Å². The van der Waals surface area contributed by atoms with Gasteiger partial charge in [0.05, 0.1) is 31.1 Å². The van der Waals surface area contributed by atoms with E-state index in [9.17, 15) is 15.2 Å². The lowest BCUT2D eigenvalue weighted by molar-refractivity contribution is -0.147. The van der Waals surface area contributed by atoms with Crippen molar-refractivity contribution in [3.05, 3.63) is 59.7 Å². The van der Waals surface area contributed by atoms with Crippen LogP contribution in [0.15, 0.2) is 48.5 Å². The summed E-state index contributed by atoms with van der Waals surface area (Å²) in [6, 6.07) is 17.5. The number of nitrogens with zero attached hydrogens (tertiary/aromatic N) is 1. The second-order valence-corrected chi connectivity index (χ2v) is 8.26. The van der Waals surface area contributed by atoms with E-state index >= 15 is 0 Å². The summed E-state index contributed by atoms with van der Waals surface area (Å²) in [5.41, 5.74) is 0.725. The first kappa shape index (κ1) is 24.6. The van der Waals surface area contributed by atoms with Gasteiger partial charge in [-0.15, -0.1) is 0 Å². The fourth-order valence-electron chi connectivity index (χ4n) is 4.35. The number of carboxylic acids is 1. The van der Waals surface area contributed by atoms with Crippen molar-refractivity contribution in [2.45, 2.75) is 36.5 Å². The average Bonchev–Trinajstić information content (AvgIpc) is 2.90. The zero-order valence-electron chi connectivity index (χ0n) is 19.2. The Morgan fingerprint density at radius 2 is 1.24 bits per heavy atom. The third-order valence-electron chi connectivity index (χ3n) is 6.60. The van der Waals surface area contributed by atoms with Gasteiger partial charge in [-0.3, -0.25) is 4.79 Å². The molecule has 2 aliphatic rings. The molecule has 0 aliphatic carbocycles. The minimum atomic E-state index is -0.801. The molecule has 7 heteroatoms. The van der Waals surface area contributed by atoms with Crippen molar-refractivity contribution < 1.29 is 28.8 Å². The summed E-state index contributed by atoms with van der Waals surface area (Å²) in [5.74, 6) is 0.788. The van der Waals surface area contributed by atoms with Crippen LogP contribution in [-0.4, -0.2) is 51.7 Å². The smallest absolute Gasteiger partial charge is 0.314 e. The van der Waals surface area contributed by atoms with Crippen molar-refractivity contribution >= 4 is 5.97 Å². The van der Waals surface area contributed by atoms with Crippen LogP contribution in [0.25, 0.3) is 0 Å². The van der Waals surface area contributed by atoms with Crippen LogP contribution in [0.3, 0.4) is 0 Å².